The normalized spacial score (nSPS) is 20.4. The fourth-order valence-corrected chi connectivity index (χ4v) is 7.54. The SMILES string of the molecule is COc1ccc(-n2c(SCC(=O)N3C(C)CCCC3C)nc3sc4c(c3c2=O)CCCC4)cc1. The number of aromatic nitrogens is 2. The molecule has 8 heteroatoms. The first-order valence-electron chi connectivity index (χ1n) is 12.1. The van der Waals surface area contributed by atoms with Crippen molar-refractivity contribution in [2.45, 2.75) is 76.0 Å². The molecule has 6 nitrogen and oxygen atoms in total. The van der Waals surface area contributed by atoms with E-state index < -0.39 is 0 Å². The number of thiophene rings is 1. The number of nitrogens with zero attached hydrogens (tertiary/aromatic N) is 3. The van der Waals surface area contributed by atoms with Gasteiger partial charge in [0.1, 0.15) is 10.6 Å². The van der Waals surface area contributed by atoms with E-state index in [1.807, 2.05) is 29.2 Å². The van der Waals surface area contributed by atoms with Gasteiger partial charge in [-0.2, -0.15) is 0 Å². The van der Waals surface area contributed by atoms with Crippen molar-refractivity contribution in [3.63, 3.8) is 0 Å². The Morgan fingerprint density at radius 2 is 1.82 bits per heavy atom. The van der Waals surface area contributed by atoms with Crippen LogP contribution >= 0.6 is 23.1 Å². The van der Waals surface area contributed by atoms with Crippen LogP contribution in [0.1, 0.15) is 56.4 Å². The van der Waals surface area contributed by atoms with Gasteiger partial charge in [-0.25, -0.2) is 4.98 Å². The molecule has 5 rings (SSSR count). The van der Waals surface area contributed by atoms with Gasteiger partial charge in [0, 0.05) is 17.0 Å². The molecule has 3 heterocycles. The maximum Gasteiger partial charge on any atom is 0.267 e. The average molecular weight is 498 g/mol. The third-order valence-electron chi connectivity index (χ3n) is 7.10. The van der Waals surface area contributed by atoms with Gasteiger partial charge in [-0.3, -0.25) is 14.2 Å². The van der Waals surface area contributed by atoms with E-state index in [9.17, 15) is 9.59 Å². The minimum absolute atomic E-state index is 0.0378. The van der Waals surface area contributed by atoms with Crippen LogP contribution in [-0.2, 0) is 17.6 Å². The van der Waals surface area contributed by atoms with Gasteiger partial charge in [-0.05, 0) is 88.6 Å². The minimum atomic E-state index is -0.0378. The van der Waals surface area contributed by atoms with Crippen LogP contribution in [0.4, 0.5) is 0 Å². The fourth-order valence-electron chi connectivity index (χ4n) is 5.36. The average Bonchev–Trinajstić information content (AvgIpc) is 3.21. The summed E-state index contributed by atoms with van der Waals surface area (Å²) in [5, 5.41) is 1.33. The smallest absolute Gasteiger partial charge is 0.267 e. The number of thioether (sulfide) groups is 1. The summed E-state index contributed by atoms with van der Waals surface area (Å²) in [5.41, 5.74) is 1.88. The number of carbonyl (C=O) groups is 1. The van der Waals surface area contributed by atoms with E-state index in [4.69, 9.17) is 9.72 Å². The highest BCUT2D eigenvalue weighted by Gasteiger charge is 2.29. The van der Waals surface area contributed by atoms with Crippen LogP contribution in [0.2, 0.25) is 0 Å². The molecule has 0 bridgehead atoms. The van der Waals surface area contributed by atoms with E-state index in [-0.39, 0.29) is 29.3 Å². The third-order valence-corrected chi connectivity index (χ3v) is 9.20. The maximum atomic E-state index is 13.9. The molecule has 0 spiro atoms. The Hall–Kier alpha value is -2.32. The molecule has 1 aliphatic heterocycles. The Morgan fingerprint density at radius 1 is 1.12 bits per heavy atom. The molecule has 0 saturated carbocycles. The van der Waals surface area contributed by atoms with E-state index in [0.29, 0.717) is 5.16 Å². The Kier molecular flexibility index (Phi) is 6.71. The van der Waals surface area contributed by atoms with Gasteiger partial charge in [0.25, 0.3) is 5.56 Å². The molecule has 2 aliphatic rings. The van der Waals surface area contributed by atoms with Gasteiger partial charge in [0.05, 0.1) is 23.9 Å². The van der Waals surface area contributed by atoms with Gasteiger partial charge in [0.15, 0.2) is 5.16 Å². The predicted octanol–water partition coefficient (Wildman–Crippen LogP) is 5.22. The molecule has 1 aliphatic carbocycles. The molecular formula is C26H31N3O3S2. The molecule has 1 fully saturated rings. The van der Waals surface area contributed by atoms with Gasteiger partial charge in [-0.15, -0.1) is 11.3 Å². The highest BCUT2D eigenvalue weighted by molar-refractivity contribution is 7.99. The van der Waals surface area contributed by atoms with Crippen LogP contribution in [0.3, 0.4) is 0 Å². The Bertz CT molecular complexity index is 1260. The van der Waals surface area contributed by atoms with E-state index in [1.165, 1.54) is 22.2 Å². The summed E-state index contributed by atoms with van der Waals surface area (Å²) in [6, 6.07) is 7.97. The van der Waals surface area contributed by atoms with Crippen LogP contribution in [0.25, 0.3) is 15.9 Å². The maximum absolute atomic E-state index is 13.9. The second kappa shape index (κ2) is 9.74. The number of amides is 1. The quantitative estimate of drug-likeness (QED) is 0.357. The number of ether oxygens (including phenoxy) is 1. The van der Waals surface area contributed by atoms with E-state index in [2.05, 4.69) is 13.8 Å². The van der Waals surface area contributed by atoms with Crippen LogP contribution < -0.4 is 10.3 Å². The Morgan fingerprint density at radius 3 is 2.53 bits per heavy atom. The number of hydrogen-bond acceptors (Lipinski definition) is 6. The second-order valence-electron chi connectivity index (χ2n) is 9.34. The number of fused-ring (bicyclic) bond motifs is 3. The second-order valence-corrected chi connectivity index (χ2v) is 11.4. The zero-order valence-corrected chi connectivity index (χ0v) is 21.6. The molecule has 1 aromatic carbocycles. The summed E-state index contributed by atoms with van der Waals surface area (Å²) in [6.45, 7) is 4.26. The monoisotopic (exact) mass is 497 g/mol. The molecule has 0 N–H and O–H groups in total. The number of carbonyl (C=O) groups excluding carboxylic acids is 1. The first-order chi connectivity index (χ1) is 16.5. The van der Waals surface area contributed by atoms with Gasteiger partial charge < -0.3 is 9.64 Å². The summed E-state index contributed by atoms with van der Waals surface area (Å²) in [7, 11) is 1.63. The lowest BCUT2D eigenvalue weighted by molar-refractivity contribution is -0.134. The largest absolute Gasteiger partial charge is 0.497 e. The molecule has 3 aromatic rings. The van der Waals surface area contributed by atoms with Crippen molar-refractivity contribution in [1.29, 1.82) is 0 Å². The van der Waals surface area contributed by atoms with Gasteiger partial charge >= 0.3 is 0 Å². The zero-order valence-electron chi connectivity index (χ0n) is 20.0. The number of piperidine rings is 1. The number of aryl methyl sites for hydroxylation is 2. The molecule has 0 radical (unpaired) electrons. The number of benzene rings is 1. The number of hydrogen-bond donors (Lipinski definition) is 0. The van der Waals surface area contributed by atoms with Crippen molar-refractivity contribution in [1.82, 2.24) is 14.5 Å². The first-order valence-corrected chi connectivity index (χ1v) is 13.9. The summed E-state index contributed by atoms with van der Waals surface area (Å²) in [5.74, 6) is 1.12. The highest BCUT2D eigenvalue weighted by Crippen LogP contribution is 2.35. The molecule has 2 aromatic heterocycles. The van der Waals surface area contributed by atoms with Crippen molar-refractivity contribution in [2.24, 2.45) is 0 Å². The van der Waals surface area contributed by atoms with E-state index in [0.717, 1.165) is 66.6 Å². The third kappa shape index (κ3) is 4.26. The van der Waals surface area contributed by atoms with Crippen LogP contribution in [-0.4, -0.2) is 45.3 Å². The molecule has 1 saturated heterocycles. The van der Waals surface area contributed by atoms with E-state index in [1.54, 1.807) is 23.0 Å². The molecule has 180 valence electrons. The molecular weight excluding hydrogens is 466 g/mol. The molecule has 2 unspecified atom stereocenters. The molecule has 34 heavy (non-hydrogen) atoms. The number of rotatable bonds is 5. The fraction of sp³-hybridized carbons (Fsp3) is 0.500. The summed E-state index contributed by atoms with van der Waals surface area (Å²) >= 11 is 3.02. The Balaban J connectivity index is 1.55. The highest BCUT2D eigenvalue weighted by atomic mass is 32.2. The topological polar surface area (TPSA) is 64.4 Å². The van der Waals surface area contributed by atoms with Gasteiger partial charge in [-0.1, -0.05) is 11.8 Å². The van der Waals surface area contributed by atoms with Crippen molar-refractivity contribution in [3.8, 4) is 11.4 Å². The lowest BCUT2D eigenvalue weighted by atomic mass is 9.97. The number of likely N-dealkylation sites (tertiary alicyclic amines) is 1. The molecule has 1 amide bonds. The lowest BCUT2D eigenvalue weighted by Gasteiger charge is -2.39. The summed E-state index contributed by atoms with van der Waals surface area (Å²) in [6.07, 6.45) is 7.48. The van der Waals surface area contributed by atoms with Crippen LogP contribution in [0, 0.1) is 0 Å². The molecule has 2 atom stereocenters. The predicted molar refractivity (Wildman–Crippen MR) is 139 cm³/mol. The lowest BCUT2D eigenvalue weighted by Crippen LogP contribution is -2.48. The summed E-state index contributed by atoms with van der Waals surface area (Å²) in [4.78, 5) is 36.2. The zero-order chi connectivity index (χ0) is 23.8. The van der Waals surface area contributed by atoms with Crippen molar-refractivity contribution < 1.29 is 9.53 Å². The van der Waals surface area contributed by atoms with Crippen LogP contribution in [0.5, 0.6) is 5.75 Å². The first kappa shape index (κ1) is 23.4. The standard InChI is InChI=1S/C26H31N3O3S2/c1-16-7-6-8-17(2)28(16)22(30)15-33-26-27-24-23(20-9-4-5-10-21(20)34-24)25(31)29(26)18-11-13-19(32-3)14-12-18/h11-14,16-17H,4-10,15H2,1-3H3. The van der Waals surface area contributed by atoms with Crippen molar-refractivity contribution in [2.75, 3.05) is 12.9 Å². The minimum Gasteiger partial charge on any atom is -0.497 e. The van der Waals surface area contributed by atoms with Gasteiger partial charge in [0.2, 0.25) is 5.91 Å². The van der Waals surface area contributed by atoms with E-state index >= 15 is 0 Å². The number of methoxy groups -OCH3 is 1. The van der Waals surface area contributed by atoms with Crippen molar-refractivity contribution >= 4 is 39.2 Å². The Labute approximate surface area is 208 Å². The van der Waals surface area contributed by atoms with Crippen LogP contribution in [0.15, 0.2) is 34.2 Å². The summed E-state index contributed by atoms with van der Waals surface area (Å²) < 4.78 is 6.99. The van der Waals surface area contributed by atoms with Crippen molar-refractivity contribution in [3.05, 3.63) is 45.1 Å².